The van der Waals surface area contributed by atoms with Crippen molar-refractivity contribution in [1.82, 2.24) is 39.2 Å². The van der Waals surface area contributed by atoms with Crippen LogP contribution in [0.1, 0.15) is 11.1 Å². The maximum Gasteiger partial charge on any atom is 0.243 e. The van der Waals surface area contributed by atoms with Gasteiger partial charge in [-0.25, -0.2) is 35.9 Å². The molecular formula is C31H36N10O7S2. The average molecular weight is 725 g/mol. The number of nitrogens with two attached hydrogens (primary N) is 1. The number of aliphatic hydroxyl groups excluding tert-OH is 1. The molecule has 1 aliphatic rings. The fourth-order valence-electron chi connectivity index (χ4n) is 5.48. The summed E-state index contributed by atoms with van der Waals surface area (Å²) < 4.78 is 75.7. The molecule has 1 atom stereocenters. The minimum Gasteiger partial charge on any atom is -0.497 e. The molecule has 17 nitrogen and oxygen atoms in total. The van der Waals surface area contributed by atoms with Crippen LogP contribution in [0.25, 0.3) is 11.4 Å². The highest BCUT2D eigenvalue weighted by atomic mass is 32.2. The van der Waals surface area contributed by atoms with Crippen LogP contribution in [0.15, 0.2) is 82.8 Å². The number of fused-ring (bicyclic) bond motifs is 1. The van der Waals surface area contributed by atoms with Crippen molar-refractivity contribution in [1.29, 1.82) is 0 Å². The zero-order valence-corrected chi connectivity index (χ0v) is 28.8. The van der Waals surface area contributed by atoms with Crippen molar-refractivity contribution < 1.29 is 31.4 Å². The molecule has 19 heteroatoms. The third-order valence-electron chi connectivity index (χ3n) is 8.10. The Morgan fingerprint density at radius 2 is 1.58 bits per heavy atom. The van der Waals surface area contributed by atoms with Crippen LogP contribution >= 0.6 is 0 Å². The smallest absolute Gasteiger partial charge is 0.243 e. The second kappa shape index (κ2) is 14.5. The van der Waals surface area contributed by atoms with E-state index >= 15 is 0 Å². The first-order chi connectivity index (χ1) is 24.0. The van der Waals surface area contributed by atoms with Gasteiger partial charge in [-0.1, -0.05) is 24.3 Å². The van der Waals surface area contributed by atoms with E-state index in [1.807, 2.05) is 16.7 Å². The highest BCUT2D eigenvalue weighted by molar-refractivity contribution is 7.92. The number of imidazole rings is 1. The molecule has 264 valence electrons. The van der Waals surface area contributed by atoms with E-state index in [1.54, 1.807) is 60.8 Å². The molecule has 0 radical (unpaired) electrons. The number of nitrogens with zero attached hydrogens (tertiary/aromatic N) is 7. The van der Waals surface area contributed by atoms with Crippen LogP contribution < -0.4 is 29.6 Å². The molecule has 0 aliphatic carbocycles. The number of hydrogen-bond donors (Lipinski definition) is 4. The van der Waals surface area contributed by atoms with Gasteiger partial charge in [-0.15, -0.1) is 5.10 Å². The van der Waals surface area contributed by atoms with Crippen molar-refractivity contribution in [2.75, 3.05) is 38.8 Å². The number of aromatic nitrogens is 6. The number of nitrogens with one attached hydrogen (secondary N) is 2. The average Bonchev–Trinajstić information content (AvgIpc) is 3.88. The summed E-state index contributed by atoms with van der Waals surface area (Å²) in [5.74, 6) is 1.73. The largest absolute Gasteiger partial charge is 0.497 e. The summed E-state index contributed by atoms with van der Waals surface area (Å²) in [5.41, 5.74) is 7.11. The lowest BCUT2D eigenvalue weighted by Gasteiger charge is -2.24. The minimum atomic E-state index is -4.67. The first-order valence-corrected chi connectivity index (χ1v) is 18.4. The number of benzene rings is 3. The predicted molar refractivity (Wildman–Crippen MR) is 182 cm³/mol. The number of anilines is 2. The van der Waals surface area contributed by atoms with Gasteiger partial charge in [0.2, 0.25) is 26.0 Å². The van der Waals surface area contributed by atoms with E-state index in [9.17, 15) is 21.9 Å². The second-order valence-electron chi connectivity index (χ2n) is 11.3. The molecule has 0 amide bonds. The van der Waals surface area contributed by atoms with Crippen molar-refractivity contribution in [3.05, 3.63) is 84.2 Å². The van der Waals surface area contributed by atoms with Gasteiger partial charge in [-0.3, -0.25) is 0 Å². The lowest BCUT2D eigenvalue weighted by atomic mass is 10.1. The highest BCUT2D eigenvalue weighted by Gasteiger charge is 2.37. The van der Waals surface area contributed by atoms with Crippen LogP contribution in [0.4, 0.5) is 11.6 Å². The maximum atomic E-state index is 14.6. The van der Waals surface area contributed by atoms with Gasteiger partial charge in [-0.2, -0.15) is 0 Å². The summed E-state index contributed by atoms with van der Waals surface area (Å²) >= 11 is 0. The summed E-state index contributed by atoms with van der Waals surface area (Å²) in [7, 11) is -6.19. The monoisotopic (exact) mass is 724 g/mol. The molecule has 0 spiro atoms. The van der Waals surface area contributed by atoms with Crippen LogP contribution in [-0.4, -0.2) is 91.7 Å². The Morgan fingerprint density at radius 3 is 2.24 bits per heavy atom. The lowest BCUT2D eigenvalue weighted by molar-refractivity contribution is 0.186. The number of hydrogen-bond acceptors (Lipinski definition) is 13. The zero-order valence-electron chi connectivity index (χ0n) is 27.2. The molecule has 1 aliphatic heterocycles. The van der Waals surface area contributed by atoms with Gasteiger partial charge in [0, 0.05) is 45.1 Å². The van der Waals surface area contributed by atoms with Crippen molar-refractivity contribution in [3.8, 4) is 22.9 Å². The molecule has 3 heterocycles. The van der Waals surface area contributed by atoms with Gasteiger partial charge < -0.3 is 29.8 Å². The molecule has 6 rings (SSSR count). The molecule has 0 bridgehead atoms. The van der Waals surface area contributed by atoms with Crippen LogP contribution in [-0.2, 0) is 39.7 Å². The third kappa shape index (κ3) is 7.18. The zero-order chi connectivity index (χ0) is 35.5. The number of rotatable bonds is 15. The Morgan fingerprint density at radius 1 is 0.900 bits per heavy atom. The predicted octanol–water partition coefficient (Wildman–Crippen LogP) is 0.830. The van der Waals surface area contributed by atoms with Gasteiger partial charge >= 0.3 is 0 Å². The number of aliphatic hydroxyl groups is 1. The van der Waals surface area contributed by atoms with Gasteiger partial charge in [-0.05, 0) is 58.0 Å². The minimum absolute atomic E-state index is 0.00955. The summed E-state index contributed by atoms with van der Waals surface area (Å²) in [5, 5.41) is 22.4. The van der Waals surface area contributed by atoms with Crippen molar-refractivity contribution in [2.24, 2.45) is 5.73 Å². The van der Waals surface area contributed by atoms with Crippen LogP contribution in [0, 0.1) is 0 Å². The second-order valence-corrected chi connectivity index (χ2v) is 14.7. The lowest BCUT2D eigenvalue weighted by Crippen LogP contribution is -2.37. The quantitative estimate of drug-likeness (QED) is 0.118. The maximum absolute atomic E-state index is 14.6. The molecule has 50 heavy (non-hydrogen) atoms. The van der Waals surface area contributed by atoms with Crippen LogP contribution in [0.3, 0.4) is 0 Å². The highest BCUT2D eigenvalue weighted by Crippen LogP contribution is 2.43. The summed E-state index contributed by atoms with van der Waals surface area (Å²) in [4.78, 5) is 5.08. The van der Waals surface area contributed by atoms with Crippen molar-refractivity contribution >= 4 is 31.7 Å². The molecule has 2 aromatic heterocycles. The number of methoxy groups -OCH3 is 2. The molecular weight excluding hydrogens is 689 g/mol. The summed E-state index contributed by atoms with van der Waals surface area (Å²) in [6, 6.07) is 16.6. The molecule has 0 fully saturated rings. The van der Waals surface area contributed by atoms with E-state index in [4.69, 9.17) is 15.2 Å². The molecule has 3 aromatic carbocycles. The Bertz CT molecular complexity index is 2170. The normalized spacial score (nSPS) is 13.7. The molecule has 5 N–H and O–H groups in total. The fraction of sp³-hybridized carbons (Fsp3) is 0.290. The topological polar surface area (TPSA) is 222 Å². The standard InChI is InChI=1S/C31H36N10O7S2/c1-47-24-7-3-21(4-8-24)18-34-50(45,46)29-27(49(43,44)35-19-23(42)17-32)12-11-26(40-16-15-39-14-13-33-31(39)40)28(29)30-36-37-38-41(30)20-22-5-9-25(48-2)10-6-22/h3-14,23,34-35,42H,15-20,32H2,1-2H3/t23-/m1/s1. The Kier molecular flexibility index (Phi) is 10.1. The number of sulfonamides is 2. The van der Waals surface area contributed by atoms with E-state index in [0.717, 1.165) is 5.56 Å². The van der Waals surface area contributed by atoms with Crippen molar-refractivity contribution in [2.45, 2.75) is 35.5 Å². The van der Waals surface area contributed by atoms with Crippen LogP contribution in [0.2, 0.25) is 0 Å². The first kappa shape index (κ1) is 34.9. The number of tetrazole rings is 1. The molecule has 0 saturated heterocycles. The van der Waals surface area contributed by atoms with Gasteiger partial charge in [0.25, 0.3) is 0 Å². The van der Waals surface area contributed by atoms with Crippen molar-refractivity contribution in [3.63, 3.8) is 0 Å². The Labute approximate surface area is 288 Å². The Balaban J connectivity index is 1.55. The fourth-order valence-corrected chi connectivity index (χ4v) is 8.60. The van der Waals surface area contributed by atoms with Gasteiger partial charge in [0.05, 0.1) is 38.1 Å². The van der Waals surface area contributed by atoms with E-state index in [0.29, 0.717) is 41.8 Å². The molecule has 0 unspecified atom stereocenters. The summed E-state index contributed by atoms with van der Waals surface area (Å²) in [6.45, 7) is 0.206. The summed E-state index contributed by atoms with van der Waals surface area (Å²) in [6.07, 6.45) is 2.20. The SMILES string of the molecule is COc1ccc(CNS(=O)(=O)c2c(S(=O)(=O)NC[C@H](O)CN)ccc(N3CCn4ccnc43)c2-c2nnnn2Cc2ccc(OC)cc2)cc1. The Hall–Kier alpha value is -4.92. The van der Waals surface area contributed by atoms with E-state index < -0.39 is 42.5 Å². The van der Waals surface area contributed by atoms with E-state index in [1.165, 1.54) is 23.9 Å². The first-order valence-electron chi connectivity index (χ1n) is 15.4. The third-order valence-corrected chi connectivity index (χ3v) is 11.2. The van der Waals surface area contributed by atoms with E-state index in [2.05, 4.69) is 30.0 Å². The molecule has 5 aromatic rings. The van der Waals surface area contributed by atoms with Crippen LogP contribution in [0.5, 0.6) is 11.5 Å². The molecule has 0 saturated carbocycles. The van der Waals surface area contributed by atoms with Gasteiger partial charge in [0.15, 0.2) is 5.82 Å². The van der Waals surface area contributed by atoms with Gasteiger partial charge in [0.1, 0.15) is 21.3 Å². The van der Waals surface area contributed by atoms with E-state index in [-0.39, 0.29) is 31.0 Å². The number of ether oxygens (including phenoxy) is 2.